The number of benzene rings is 2. The first kappa shape index (κ1) is 20.2. The molecule has 0 aliphatic carbocycles. The average Bonchev–Trinajstić information content (AvgIpc) is 3.21. The van der Waals surface area contributed by atoms with Crippen molar-refractivity contribution in [2.75, 3.05) is 46.1 Å². The van der Waals surface area contributed by atoms with Gasteiger partial charge in [-0.05, 0) is 44.2 Å². The van der Waals surface area contributed by atoms with Gasteiger partial charge in [0.15, 0.2) is 11.5 Å². The molecular formula is C23H27N3O4. The van der Waals surface area contributed by atoms with Crippen LogP contribution in [0.25, 0.3) is 0 Å². The first-order chi connectivity index (χ1) is 14.5. The normalized spacial score (nSPS) is 15.9. The third-order valence-corrected chi connectivity index (χ3v) is 5.48. The van der Waals surface area contributed by atoms with E-state index in [4.69, 9.17) is 9.47 Å². The average molecular weight is 409 g/mol. The van der Waals surface area contributed by atoms with E-state index in [1.807, 2.05) is 30.9 Å². The molecule has 0 spiro atoms. The lowest BCUT2D eigenvalue weighted by atomic mass is 10.1. The van der Waals surface area contributed by atoms with E-state index in [2.05, 4.69) is 16.3 Å². The number of hydrogen-bond acceptors (Lipinski definition) is 5. The molecule has 2 amide bonds. The van der Waals surface area contributed by atoms with E-state index in [0.29, 0.717) is 36.7 Å². The fraction of sp³-hybridized carbons (Fsp3) is 0.391. The van der Waals surface area contributed by atoms with Crippen molar-refractivity contribution in [2.24, 2.45) is 0 Å². The molecule has 2 heterocycles. The Labute approximate surface area is 176 Å². The molecule has 1 N–H and O–H groups in total. The SMILES string of the molecule is Cc1cc(C)cc(C(=O)N2CCN(CCNC(=O)c3ccc4c(c3)OCO4)CC2)c1. The minimum Gasteiger partial charge on any atom is -0.454 e. The smallest absolute Gasteiger partial charge is 0.253 e. The minimum atomic E-state index is -0.128. The van der Waals surface area contributed by atoms with E-state index >= 15 is 0 Å². The van der Waals surface area contributed by atoms with Gasteiger partial charge in [-0.3, -0.25) is 14.5 Å². The fourth-order valence-electron chi connectivity index (χ4n) is 3.92. The number of fused-ring (bicyclic) bond motifs is 1. The topological polar surface area (TPSA) is 71.1 Å². The Morgan fingerprint density at radius 3 is 2.33 bits per heavy atom. The number of rotatable bonds is 5. The fourth-order valence-corrected chi connectivity index (χ4v) is 3.92. The van der Waals surface area contributed by atoms with Crippen LogP contribution in [0.1, 0.15) is 31.8 Å². The van der Waals surface area contributed by atoms with Crippen LogP contribution in [0.4, 0.5) is 0 Å². The Bertz CT molecular complexity index is 931. The third-order valence-electron chi connectivity index (χ3n) is 5.48. The van der Waals surface area contributed by atoms with Gasteiger partial charge < -0.3 is 19.7 Å². The summed E-state index contributed by atoms with van der Waals surface area (Å²) in [5, 5.41) is 2.95. The van der Waals surface area contributed by atoms with Gasteiger partial charge in [0.05, 0.1) is 0 Å². The van der Waals surface area contributed by atoms with Gasteiger partial charge in [-0.25, -0.2) is 0 Å². The van der Waals surface area contributed by atoms with Crippen molar-refractivity contribution in [3.05, 3.63) is 58.7 Å². The van der Waals surface area contributed by atoms with Gasteiger partial charge in [-0.2, -0.15) is 0 Å². The van der Waals surface area contributed by atoms with Gasteiger partial charge in [0.1, 0.15) is 0 Å². The molecule has 4 rings (SSSR count). The van der Waals surface area contributed by atoms with Crippen molar-refractivity contribution in [1.82, 2.24) is 15.1 Å². The van der Waals surface area contributed by atoms with Gasteiger partial charge >= 0.3 is 0 Å². The summed E-state index contributed by atoms with van der Waals surface area (Å²) >= 11 is 0. The number of hydrogen-bond donors (Lipinski definition) is 1. The first-order valence-electron chi connectivity index (χ1n) is 10.3. The number of carbonyl (C=O) groups is 2. The molecule has 1 saturated heterocycles. The highest BCUT2D eigenvalue weighted by Crippen LogP contribution is 2.32. The zero-order chi connectivity index (χ0) is 21.1. The summed E-state index contributed by atoms with van der Waals surface area (Å²) in [5.74, 6) is 1.24. The molecule has 1 fully saturated rings. The molecule has 2 aromatic rings. The number of nitrogens with zero attached hydrogens (tertiary/aromatic N) is 2. The maximum absolute atomic E-state index is 12.8. The van der Waals surface area contributed by atoms with Gasteiger partial charge in [0.25, 0.3) is 11.8 Å². The lowest BCUT2D eigenvalue weighted by Gasteiger charge is -2.34. The van der Waals surface area contributed by atoms with Crippen LogP contribution in [0.2, 0.25) is 0 Å². The summed E-state index contributed by atoms with van der Waals surface area (Å²) in [6, 6.07) is 11.2. The summed E-state index contributed by atoms with van der Waals surface area (Å²) in [7, 11) is 0. The Balaban J connectivity index is 1.22. The Morgan fingerprint density at radius 1 is 0.900 bits per heavy atom. The number of ether oxygens (including phenoxy) is 2. The molecule has 7 nitrogen and oxygen atoms in total. The molecule has 0 atom stereocenters. The number of aryl methyl sites for hydroxylation is 2. The van der Waals surface area contributed by atoms with Crippen molar-refractivity contribution in [2.45, 2.75) is 13.8 Å². The Hall–Kier alpha value is -3.06. The second-order valence-electron chi connectivity index (χ2n) is 7.83. The van der Waals surface area contributed by atoms with Crippen LogP contribution < -0.4 is 14.8 Å². The molecule has 2 aliphatic rings. The molecule has 0 bridgehead atoms. The van der Waals surface area contributed by atoms with Crippen LogP contribution in [0.5, 0.6) is 11.5 Å². The van der Waals surface area contributed by atoms with E-state index in [0.717, 1.165) is 36.3 Å². The molecular weight excluding hydrogens is 382 g/mol. The van der Waals surface area contributed by atoms with E-state index in [-0.39, 0.29) is 18.6 Å². The van der Waals surface area contributed by atoms with E-state index < -0.39 is 0 Å². The quantitative estimate of drug-likeness (QED) is 0.820. The van der Waals surface area contributed by atoms with E-state index in [1.165, 1.54) is 0 Å². The van der Waals surface area contributed by atoms with E-state index in [1.54, 1.807) is 18.2 Å². The maximum atomic E-state index is 12.8. The molecule has 7 heteroatoms. The van der Waals surface area contributed by atoms with Crippen LogP contribution in [-0.4, -0.2) is 67.7 Å². The predicted molar refractivity (Wildman–Crippen MR) is 113 cm³/mol. The predicted octanol–water partition coefficient (Wildman–Crippen LogP) is 2.22. The molecule has 2 aromatic carbocycles. The Morgan fingerprint density at radius 2 is 1.60 bits per heavy atom. The number of amides is 2. The summed E-state index contributed by atoms with van der Waals surface area (Å²) < 4.78 is 10.6. The van der Waals surface area contributed by atoms with Crippen molar-refractivity contribution in [3.8, 4) is 11.5 Å². The largest absolute Gasteiger partial charge is 0.454 e. The standard InChI is InChI=1S/C23H27N3O4/c1-16-11-17(2)13-19(12-16)23(28)26-9-7-25(8-10-26)6-5-24-22(27)18-3-4-20-21(14-18)30-15-29-20/h3-4,11-14H,5-10,15H2,1-2H3,(H,24,27). The molecule has 0 saturated carbocycles. The molecule has 0 radical (unpaired) electrons. The number of nitrogens with one attached hydrogen (secondary N) is 1. The lowest BCUT2D eigenvalue weighted by molar-refractivity contribution is 0.0638. The zero-order valence-electron chi connectivity index (χ0n) is 17.4. The molecule has 0 unspecified atom stereocenters. The number of piperazine rings is 1. The number of carbonyl (C=O) groups excluding carboxylic acids is 2. The summed E-state index contributed by atoms with van der Waals surface area (Å²) in [6.07, 6.45) is 0. The third kappa shape index (κ3) is 4.57. The highest BCUT2D eigenvalue weighted by Gasteiger charge is 2.22. The van der Waals surface area contributed by atoms with Crippen molar-refractivity contribution < 1.29 is 19.1 Å². The van der Waals surface area contributed by atoms with Crippen LogP contribution in [-0.2, 0) is 0 Å². The van der Waals surface area contributed by atoms with Gasteiger partial charge in [-0.15, -0.1) is 0 Å². The van der Waals surface area contributed by atoms with Crippen LogP contribution in [0, 0.1) is 13.8 Å². The summed E-state index contributed by atoms with van der Waals surface area (Å²) in [6.45, 7) is 8.52. The molecule has 30 heavy (non-hydrogen) atoms. The zero-order valence-corrected chi connectivity index (χ0v) is 17.4. The molecule has 158 valence electrons. The van der Waals surface area contributed by atoms with E-state index in [9.17, 15) is 9.59 Å². The van der Waals surface area contributed by atoms with Crippen LogP contribution in [0.15, 0.2) is 36.4 Å². The monoisotopic (exact) mass is 409 g/mol. The van der Waals surface area contributed by atoms with Gasteiger partial charge in [0, 0.05) is 50.4 Å². The maximum Gasteiger partial charge on any atom is 0.253 e. The Kier molecular flexibility index (Phi) is 5.90. The highest BCUT2D eigenvalue weighted by atomic mass is 16.7. The molecule has 2 aliphatic heterocycles. The lowest BCUT2D eigenvalue weighted by Crippen LogP contribution is -2.50. The van der Waals surface area contributed by atoms with Gasteiger partial charge in [-0.1, -0.05) is 17.2 Å². The minimum absolute atomic E-state index is 0.0950. The second kappa shape index (κ2) is 8.75. The molecule has 0 aromatic heterocycles. The summed E-state index contributed by atoms with van der Waals surface area (Å²) in [5.41, 5.74) is 3.53. The van der Waals surface area contributed by atoms with Gasteiger partial charge in [0.2, 0.25) is 6.79 Å². The van der Waals surface area contributed by atoms with Crippen molar-refractivity contribution in [3.63, 3.8) is 0 Å². The van der Waals surface area contributed by atoms with Crippen LogP contribution >= 0.6 is 0 Å². The van der Waals surface area contributed by atoms with Crippen LogP contribution in [0.3, 0.4) is 0 Å². The highest BCUT2D eigenvalue weighted by molar-refractivity contribution is 5.95. The van der Waals surface area contributed by atoms with Crippen molar-refractivity contribution >= 4 is 11.8 Å². The first-order valence-corrected chi connectivity index (χ1v) is 10.3. The van der Waals surface area contributed by atoms with Crippen molar-refractivity contribution in [1.29, 1.82) is 0 Å². The second-order valence-corrected chi connectivity index (χ2v) is 7.83. The summed E-state index contributed by atoms with van der Waals surface area (Å²) in [4.78, 5) is 29.3.